The van der Waals surface area contributed by atoms with Gasteiger partial charge in [-0.15, -0.1) is 16.4 Å². The second-order valence-corrected chi connectivity index (χ2v) is 7.88. The SMILES string of the molecule is CCc1c(C)sc2ncn3nc(-c4ccc(Cn5cc(Cl)cn5)o4)nc3c12. The molecule has 0 spiro atoms. The van der Waals surface area contributed by atoms with Crippen molar-refractivity contribution in [3.8, 4) is 11.6 Å². The van der Waals surface area contributed by atoms with Gasteiger partial charge in [0.1, 0.15) is 16.9 Å². The zero-order valence-corrected chi connectivity index (χ0v) is 16.3. The maximum absolute atomic E-state index is 5.93. The lowest BCUT2D eigenvalue weighted by Gasteiger charge is -1.96. The number of rotatable bonds is 4. The van der Waals surface area contributed by atoms with Crippen LogP contribution in [0.1, 0.15) is 23.1 Å². The molecule has 0 fully saturated rings. The molecule has 5 heterocycles. The lowest BCUT2D eigenvalue weighted by atomic mass is 10.1. The van der Waals surface area contributed by atoms with Crippen molar-refractivity contribution in [1.82, 2.24) is 29.4 Å². The Morgan fingerprint density at radius 1 is 1.30 bits per heavy atom. The molecule has 0 amide bonds. The molecule has 0 atom stereocenters. The van der Waals surface area contributed by atoms with Crippen molar-refractivity contribution < 1.29 is 4.42 Å². The van der Waals surface area contributed by atoms with E-state index >= 15 is 0 Å². The van der Waals surface area contributed by atoms with Crippen molar-refractivity contribution >= 4 is 38.8 Å². The van der Waals surface area contributed by atoms with E-state index in [4.69, 9.17) is 21.0 Å². The highest BCUT2D eigenvalue weighted by Crippen LogP contribution is 2.33. The average molecular weight is 399 g/mol. The van der Waals surface area contributed by atoms with E-state index in [1.807, 2.05) is 12.1 Å². The first kappa shape index (κ1) is 16.5. The summed E-state index contributed by atoms with van der Waals surface area (Å²) in [4.78, 5) is 11.5. The monoisotopic (exact) mass is 398 g/mol. The maximum Gasteiger partial charge on any atom is 0.217 e. The van der Waals surface area contributed by atoms with Crippen molar-refractivity contribution in [1.29, 1.82) is 0 Å². The third kappa shape index (κ3) is 2.72. The van der Waals surface area contributed by atoms with Gasteiger partial charge in [0.25, 0.3) is 0 Å². The number of aromatic nitrogens is 6. The largest absolute Gasteiger partial charge is 0.456 e. The molecule has 0 aliphatic heterocycles. The Labute approximate surface area is 163 Å². The van der Waals surface area contributed by atoms with Gasteiger partial charge in [-0.1, -0.05) is 18.5 Å². The van der Waals surface area contributed by atoms with Crippen LogP contribution in [0.2, 0.25) is 5.02 Å². The van der Waals surface area contributed by atoms with Crippen LogP contribution in [-0.2, 0) is 13.0 Å². The Balaban J connectivity index is 1.56. The molecule has 136 valence electrons. The number of aryl methyl sites for hydroxylation is 2. The summed E-state index contributed by atoms with van der Waals surface area (Å²) in [6, 6.07) is 3.77. The van der Waals surface area contributed by atoms with Crippen LogP contribution >= 0.6 is 22.9 Å². The van der Waals surface area contributed by atoms with Crippen LogP contribution in [0.15, 0.2) is 35.3 Å². The Kier molecular flexibility index (Phi) is 3.76. The van der Waals surface area contributed by atoms with Gasteiger partial charge in [-0.3, -0.25) is 4.68 Å². The Morgan fingerprint density at radius 3 is 2.96 bits per heavy atom. The van der Waals surface area contributed by atoms with Gasteiger partial charge in [-0.2, -0.15) is 5.10 Å². The standard InChI is InChI=1S/C18H15ClN6OS/c1-3-13-10(2)27-18-15(13)17-22-16(23-25(17)9-20-18)14-5-4-12(26-14)8-24-7-11(19)6-21-24/h4-7,9H,3,8H2,1-2H3. The summed E-state index contributed by atoms with van der Waals surface area (Å²) >= 11 is 7.60. The predicted molar refractivity (Wildman–Crippen MR) is 104 cm³/mol. The quantitative estimate of drug-likeness (QED) is 0.449. The summed E-state index contributed by atoms with van der Waals surface area (Å²) in [6.45, 7) is 4.77. The van der Waals surface area contributed by atoms with Gasteiger partial charge >= 0.3 is 0 Å². The molecule has 0 aliphatic rings. The van der Waals surface area contributed by atoms with Gasteiger partial charge in [-0.25, -0.2) is 14.5 Å². The van der Waals surface area contributed by atoms with Gasteiger partial charge in [0.15, 0.2) is 11.4 Å². The van der Waals surface area contributed by atoms with E-state index in [0.717, 1.165) is 28.0 Å². The lowest BCUT2D eigenvalue weighted by molar-refractivity contribution is 0.487. The zero-order chi connectivity index (χ0) is 18.5. The third-order valence-electron chi connectivity index (χ3n) is 4.48. The molecule has 27 heavy (non-hydrogen) atoms. The molecular weight excluding hydrogens is 384 g/mol. The van der Waals surface area contributed by atoms with Gasteiger partial charge in [0, 0.05) is 11.1 Å². The highest BCUT2D eigenvalue weighted by atomic mass is 35.5. The smallest absolute Gasteiger partial charge is 0.217 e. The van der Waals surface area contributed by atoms with Crippen LogP contribution < -0.4 is 0 Å². The minimum absolute atomic E-state index is 0.496. The Hall–Kier alpha value is -2.71. The van der Waals surface area contributed by atoms with Crippen LogP contribution in [0, 0.1) is 6.92 Å². The first-order valence-corrected chi connectivity index (χ1v) is 9.72. The molecule has 5 aromatic heterocycles. The summed E-state index contributed by atoms with van der Waals surface area (Å²) in [7, 11) is 0. The van der Waals surface area contributed by atoms with Crippen molar-refractivity contribution in [3.05, 3.63) is 52.1 Å². The summed E-state index contributed by atoms with van der Waals surface area (Å²) in [5, 5.41) is 10.4. The van der Waals surface area contributed by atoms with Crippen LogP contribution in [-0.4, -0.2) is 29.4 Å². The predicted octanol–water partition coefficient (Wildman–Crippen LogP) is 4.37. The van der Waals surface area contributed by atoms with Crippen LogP contribution in [0.3, 0.4) is 0 Å². The van der Waals surface area contributed by atoms with Crippen molar-refractivity contribution in [3.63, 3.8) is 0 Å². The van der Waals surface area contributed by atoms with E-state index in [-0.39, 0.29) is 0 Å². The second-order valence-electron chi connectivity index (χ2n) is 6.24. The minimum atomic E-state index is 0.496. The number of nitrogens with zero attached hydrogens (tertiary/aromatic N) is 6. The van der Waals surface area contributed by atoms with Gasteiger partial charge in [-0.05, 0) is 31.0 Å². The van der Waals surface area contributed by atoms with E-state index in [9.17, 15) is 0 Å². The number of thiophene rings is 1. The lowest BCUT2D eigenvalue weighted by Crippen LogP contribution is -1.97. The molecule has 0 saturated heterocycles. The molecule has 0 aromatic carbocycles. The molecule has 0 aliphatic carbocycles. The van der Waals surface area contributed by atoms with Crippen molar-refractivity contribution in [2.24, 2.45) is 0 Å². The fourth-order valence-electron chi connectivity index (χ4n) is 3.26. The molecular formula is C18H15ClN6OS. The minimum Gasteiger partial charge on any atom is -0.456 e. The number of furan rings is 1. The second kappa shape index (κ2) is 6.17. The molecule has 0 saturated carbocycles. The van der Waals surface area contributed by atoms with E-state index in [0.29, 0.717) is 23.2 Å². The third-order valence-corrected chi connectivity index (χ3v) is 5.74. The van der Waals surface area contributed by atoms with Crippen LogP contribution in [0.5, 0.6) is 0 Å². The highest BCUT2D eigenvalue weighted by Gasteiger charge is 2.17. The summed E-state index contributed by atoms with van der Waals surface area (Å²) in [6.07, 6.45) is 5.99. The van der Waals surface area contributed by atoms with Gasteiger partial charge in [0.05, 0.1) is 23.2 Å². The highest BCUT2D eigenvalue weighted by molar-refractivity contribution is 7.18. The van der Waals surface area contributed by atoms with Gasteiger partial charge < -0.3 is 4.42 Å². The number of fused-ring (bicyclic) bond motifs is 3. The Bertz CT molecular complexity index is 1280. The number of hydrogen-bond donors (Lipinski definition) is 0. The van der Waals surface area contributed by atoms with Gasteiger partial charge in [0.2, 0.25) is 5.82 Å². The summed E-state index contributed by atoms with van der Waals surface area (Å²) in [5.41, 5.74) is 2.09. The van der Waals surface area contributed by atoms with E-state index in [2.05, 4.69) is 29.0 Å². The summed E-state index contributed by atoms with van der Waals surface area (Å²) in [5.74, 6) is 1.91. The molecule has 7 nitrogen and oxygen atoms in total. The molecule has 0 N–H and O–H groups in total. The zero-order valence-electron chi connectivity index (χ0n) is 14.7. The van der Waals surface area contributed by atoms with Crippen LogP contribution in [0.25, 0.3) is 27.4 Å². The maximum atomic E-state index is 5.93. The molecule has 0 bridgehead atoms. The van der Waals surface area contributed by atoms with Crippen molar-refractivity contribution in [2.45, 2.75) is 26.8 Å². The molecule has 9 heteroatoms. The molecule has 5 aromatic rings. The van der Waals surface area contributed by atoms with Crippen molar-refractivity contribution in [2.75, 3.05) is 0 Å². The molecule has 0 radical (unpaired) electrons. The Morgan fingerprint density at radius 2 is 2.19 bits per heavy atom. The van der Waals surface area contributed by atoms with Crippen LogP contribution in [0.4, 0.5) is 0 Å². The van der Waals surface area contributed by atoms with E-state index in [1.165, 1.54) is 10.4 Å². The van der Waals surface area contributed by atoms with E-state index < -0.39 is 0 Å². The molecule has 0 unspecified atom stereocenters. The summed E-state index contributed by atoms with van der Waals surface area (Å²) < 4.78 is 9.37. The first-order chi connectivity index (χ1) is 13.1. The average Bonchev–Trinajstić information content (AvgIpc) is 3.39. The topological polar surface area (TPSA) is 74.0 Å². The fraction of sp³-hybridized carbons (Fsp3) is 0.222. The first-order valence-electron chi connectivity index (χ1n) is 8.52. The van der Waals surface area contributed by atoms with E-state index in [1.54, 1.807) is 39.3 Å². The number of hydrogen-bond acceptors (Lipinski definition) is 6. The molecule has 5 rings (SSSR count). The normalized spacial score (nSPS) is 11.8. The fourth-order valence-corrected chi connectivity index (χ4v) is 4.50. The number of halogens is 1.